The topological polar surface area (TPSA) is 18.5 Å². The van der Waals surface area contributed by atoms with Gasteiger partial charge in [-0.3, -0.25) is 0 Å². The third-order valence-electron chi connectivity index (χ3n) is 14.4. The molecule has 0 N–H and O–H groups in total. The fourth-order valence-corrected chi connectivity index (χ4v) is 10.9. The number of hydrogen-bond acceptors (Lipinski definition) is 2. The average Bonchev–Trinajstić information content (AvgIpc) is 3.19. The zero-order chi connectivity index (χ0) is 40.0. The molecule has 56 heavy (non-hydrogen) atoms. The molecule has 316 valence electrons. The molecule has 2 nitrogen and oxygen atoms in total. The van der Waals surface area contributed by atoms with Gasteiger partial charge in [0.25, 0.3) is 0 Å². The van der Waals surface area contributed by atoms with Gasteiger partial charge in [0.1, 0.15) is 11.5 Å². The molecule has 0 amide bonds. The van der Waals surface area contributed by atoms with Crippen LogP contribution in [0, 0.1) is 47.3 Å². The minimum Gasteiger partial charge on any atom is -0.406 e. The van der Waals surface area contributed by atoms with Crippen molar-refractivity contribution >= 4 is 0 Å². The number of benzene rings is 2. The Morgan fingerprint density at radius 1 is 0.429 bits per heavy atom. The Morgan fingerprint density at radius 2 is 0.732 bits per heavy atom. The van der Waals surface area contributed by atoms with Crippen LogP contribution in [0.3, 0.4) is 0 Å². The Morgan fingerprint density at radius 3 is 1.02 bits per heavy atom. The van der Waals surface area contributed by atoms with Crippen LogP contribution in [0.5, 0.6) is 11.5 Å². The van der Waals surface area contributed by atoms with Crippen molar-refractivity contribution in [2.75, 3.05) is 0 Å². The Kier molecular flexibility index (Phi) is 17.7. The van der Waals surface area contributed by atoms with E-state index in [1.165, 1.54) is 153 Å². The van der Waals surface area contributed by atoms with Crippen molar-refractivity contribution in [2.45, 2.75) is 181 Å². The second-order valence-corrected chi connectivity index (χ2v) is 18.1. The van der Waals surface area contributed by atoms with Crippen LogP contribution in [0.1, 0.15) is 166 Å². The van der Waals surface area contributed by atoms with Crippen molar-refractivity contribution < 1.29 is 35.8 Å². The van der Waals surface area contributed by atoms with E-state index < -0.39 is 12.7 Å². The van der Waals surface area contributed by atoms with Gasteiger partial charge in [0.15, 0.2) is 0 Å². The lowest BCUT2D eigenvalue weighted by atomic mass is 9.68. The van der Waals surface area contributed by atoms with Gasteiger partial charge in [0.05, 0.1) is 0 Å². The lowest BCUT2D eigenvalue weighted by molar-refractivity contribution is -0.275. The van der Waals surface area contributed by atoms with Crippen LogP contribution in [0.15, 0.2) is 48.5 Å². The second-order valence-electron chi connectivity index (χ2n) is 18.1. The summed E-state index contributed by atoms with van der Waals surface area (Å²) in [6, 6.07) is 12.8. The average molecular weight is 793 g/mol. The summed E-state index contributed by atoms with van der Waals surface area (Å²) in [5.41, 5.74) is 2.21. The number of unbranched alkanes of at least 4 members (excludes halogenated alkanes) is 1. The minimum atomic E-state index is -4.62. The Bertz CT molecular complexity index is 1340. The highest BCUT2D eigenvalue weighted by molar-refractivity contribution is 5.28. The Hall–Kier alpha value is -2.38. The van der Waals surface area contributed by atoms with E-state index in [9.17, 15) is 26.3 Å². The standard InChI is InChI=1S/C25H37F3O.C23H33F3O/c1-2-3-4-19-7-13-22(14-8-19)23-15-9-20(10-16-23)5-6-21-11-17-24(18-12-21)29-25(26,27)28;1-2-17-5-11-20(12-6-17)21-13-7-18(8-14-21)3-4-19-9-15-22(16-10-19)27-23(24,25)26/h11-12,17-20,22-23H,2-10,13-16H2,1H3;9-10,15-18,20-21H,2-8,11-14H2,1H3/t19-,20?,22-,23?;17-,18?,20-,21?. The molecule has 6 rings (SSSR count). The van der Waals surface area contributed by atoms with Crippen LogP contribution in [0.2, 0.25) is 0 Å². The number of rotatable bonds is 14. The van der Waals surface area contributed by atoms with Crippen molar-refractivity contribution in [1.29, 1.82) is 0 Å². The van der Waals surface area contributed by atoms with Gasteiger partial charge in [0.2, 0.25) is 0 Å². The van der Waals surface area contributed by atoms with Crippen LogP contribution >= 0.6 is 0 Å². The molecule has 0 heterocycles. The van der Waals surface area contributed by atoms with Crippen LogP contribution in [-0.2, 0) is 12.8 Å². The van der Waals surface area contributed by atoms with Crippen molar-refractivity contribution in [1.82, 2.24) is 0 Å². The van der Waals surface area contributed by atoms with Crippen LogP contribution < -0.4 is 9.47 Å². The van der Waals surface area contributed by atoms with Crippen molar-refractivity contribution in [3.05, 3.63) is 59.7 Å². The summed E-state index contributed by atoms with van der Waals surface area (Å²) in [6.07, 6.45) is 22.9. The van der Waals surface area contributed by atoms with E-state index >= 15 is 0 Å². The summed E-state index contributed by atoms with van der Waals surface area (Å²) in [5, 5.41) is 0. The lowest BCUT2D eigenvalue weighted by Gasteiger charge is -2.38. The van der Waals surface area contributed by atoms with E-state index in [0.29, 0.717) is 0 Å². The van der Waals surface area contributed by atoms with Gasteiger partial charge in [-0.05, 0) is 160 Å². The molecule has 0 bridgehead atoms. The van der Waals surface area contributed by atoms with Crippen LogP contribution in [-0.4, -0.2) is 12.7 Å². The molecule has 4 fully saturated rings. The summed E-state index contributed by atoms with van der Waals surface area (Å²) >= 11 is 0. The maximum absolute atomic E-state index is 12.2. The molecule has 0 atom stereocenters. The number of aryl methyl sites for hydroxylation is 2. The normalized spacial score (nSPS) is 28.9. The molecule has 0 aliphatic heterocycles. The highest BCUT2D eigenvalue weighted by Gasteiger charge is 2.34. The molecule has 2 aromatic rings. The predicted octanol–water partition coefficient (Wildman–Crippen LogP) is 15.9. The molecule has 0 saturated heterocycles. The van der Waals surface area contributed by atoms with E-state index in [4.69, 9.17) is 0 Å². The van der Waals surface area contributed by atoms with Crippen LogP contribution in [0.4, 0.5) is 26.3 Å². The molecule has 0 spiro atoms. The smallest absolute Gasteiger partial charge is 0.406 e. The first-order chi connectivity index (χ1) is 26.9. The summed E-state index contributed by atoms with van der Waals surface area (Å²) in [5.74, 6) is 7.08. The Labute approximate surface area is 334 Å². The molecule has 2 aromatic carbocycles. The maximum Gasteiger partial charge on any atom is 0.573 e. The van der Waals surface area contributed by atoms with E-state index in [1.54, 1.807) is 24.3 Å². The van der Waals surface area contributed by atoms with Crippen molar-refractivity contribution in [2.24, 2.45) is 47.3 Å². The first-order valence-electron chi connectivity index (χ1n) is 22.5. The molecular formula is C48H70F6O2. The van der Waals surface area contributed by atoms with Gasteiger partial charge in [-0.15, -0.1) is 26.3 Å². The predicted molar refractivity (Wildman–Crippen MR) is 214 cm³/mol. The van der Waals surface area contributed by atoms with E-state index in [2.05, 4.69) is 23.3 Å². The van der Waals surface area contributed by atoms with Crippen molar-refractivity contribution in [3.63, 3.8) is 0 Å². The second kappa shape index (κ2) is 22.1. The fraction of sp³-hybridized carbons (Fsp3) is 0.750. The van der Waals surface area contributed by atoms with Crippen molar-refractivity contribution in [3.8, 4) is 11.5 Å². The zero-order valence-electron chi connectivity index (χ0n) is 34.3. The minimum absolute atomic E-state index is 0.133. The first-order valence-corrected chi connectivity index (χ1v) is 22.5. The monoisotopic (exact) mass is 793 g/mol. The van der Waals surface area contributed by atoms with E-state index in [-0.39, 0.29) is 11.5 Å². The molecule has 4 aliphatic carbocycles. The third-order valence-corrected chi connectivity index (χ3v) is 14.4. The molecule has 0 unspecified atom stereocenters. The van der Waals surface area contributed by atoms with Gasteiger partial charge < -0.3 is 9.47 Å². The van der Waals surface area contributed by atoms with Gasteiger partial charge in [-0.25, -0.2) is 0 Å². The number of ether oxygens (including phenoxy) is 2. The zero-order valence-corrected chi connectivity index (χ0v) is 34.3. The first kappa shape index (κ1) is 44.7. The van der Waals surface area contributed by atoms with Gasteiger partial charge in [0, 0.05) is 0 Å². The van der Waals surface area contributed by atoms with Crippen LogP contribution in [0.25, 0.3) is 0 Å². The highest BCUT2D eigenvalue weighted by atomic mass is 19.4. The van der Waals surface area contributed by atoms with Gasteiger partial charge in [-0.1, -0.05) is 115 Å². The summed E-state index contributed by atoms with van der Waals surface area (Å²) in [7, 11) is 0. The molecule has 4 saturated carbocycles. The quantitative estimate of drug-likeness (QED) is 0.177. The summed E-state index contributed by atoms with van der Waals surface area (Å²) < 4.78 is 81.3. The van der Waals surface area contributed by atoms with E-state index in [1.807, 2.05) is 0 Å². The molecule has 0 aromatic heterocycles. The van der Waals surface area contributed by atoms with Gasteiger partial charge >= 0.3 is 12.7 Å². The number of alkyl halides is 6. The van der Waals surface area contributed by atoms with E-state index in [0.717, 1.165) is 84.2 Å². The largest absolute Gasteiger partial charge is 0.573 e. The highest BCUT2D eigenvalue weighted by Crippen LogP contribution is 2.44. The fourth-order valence-electron chi connectivity index (χ4n) is 10.9. The molecule has 0 radical (unpaired) electrons. The SMILES string of the molecule is CCCC[C@H]1CC[C@H](C2CCC(CCc3ccc(OC(F)(F)F)cc3)CC2)CC1.CC[C@H]1CC[C@H](C2CCC(CCc3ccc(OC(F)(F)F)cc3)CC2)CC1. The molecular weight excluding hydrogens is 723 g/mol. The third kappa shape index (κ3) is 15.8. The molecule has 4 aliphatic rings. The lowest BCUT2D eigenvalue weighted by Crippen LogP contribution is -2.26. The summed E-state index contributed by atoms with van der Waals surface area (Å²) in [4.78, 5) is 0. The number of hydrogen-bond donors (Lipinski definition) is 0. The number of halogens is 6. The van der Waals surface area contributed by atoms with Gasteiger partial charge in [-0.2, -0.15) is 0 Å². The molecule has 8 heteroatoms. The Balaban J connectivity index is 0.000000215. The summed E-state index contributed by atoms with van der Waals surface area (Å²) in [6.45, 7) is 4.62. The maximum atomic E-state index is 12.2.